The molecule has 0 aliphatic heterocycles. The molecule has 10 aromatic rings. The molecule has 10 rings (SSSR count). The lowest BCUT2D eigenvalue weighted by Gasteiger charge is -2.11. The molecule has 0 amide bonds. The molecule has 0 bridgehead atoms. The summed E-state index contributed by atoms with van der Waals surface area (Å²) in [5, 5.41) is 4.47. The maximum atomic E-state index is 4.95. The van der Waals surface area contributed by atoms with Crippen LogP contribution >= 0.6 is 0 Å². The Morgan fingerprint density at radius 3 is 1.62 bits per heavy atom. The minimum absolute atomic E-state index is 0.622. The van der Waals surface area contributed by atoms with Gasteiger partial charge in [-0.2, -0.15) is 0 Å². The number of hydrogen-bond acceptors (Lipinski definition) is 5. The molecule has 0 saturated heterocycles. The predicted octanol–water partition coefficient (Wildman–Crippen LogP) is 9.86. The monoisotopic (exact) mass is 641 g/mol. The third-order valence-corrected chi connectivity index (χ3v) is 9.33. The molecule has 0 fully saturated rings. The number of para-hydroxylation sites is 2. The van der Waals surface area contributed by atoms with Crippen molar-refractivity contribution in [2.45, 2.75) is 0 Å². The summed E-state index contributed by atoms with van der Waals surface area (Å²) in [5.74, 6) is 1.90. The average molecular weight is 642 g/mol. The zero-order chi connectivity index (χ0) is 33.0. The van der Waals surface area contributed by atoms with Gasteiger partial charge >= 0.3 is 0 Å². The minimum atomic E-state index is 0.622. The smallest absolute Gasteiger partial charge is 0.164 e. The quantitative estimate of drug-likeness (QED) is 0.187. The number of benzene rings is 6. The molecule has 0 aliphatic carbocycles. The van der Waals surface area contributed by atoms with E-state index < -0.39 is 0 Å². The van der Waals surface area contributed by atoms with Gasteiger partial charge < -0.3 is 4.57 Å². The summed E-state index contributed by atoms with van der Waals surface area (Å²) in [4.78, 5) is 24.0. The Hall–Kier alpha value is -6.99. The Balaban J connectivity index is 1.20. The first-order valence-electron chi connectivity index (χ1n) is 16.5. The van der Waals surface area contributed by atoms with Gasteiger partial charge in [0.05, 0.1) is 16.6 Å². The summed E-state index contributed by atoms with van der Waals surface area (Å²) in [6, 6.07) is 52.0. The van der Waals surface area contributed by atoms with Gasteiger partial charge in [-0.25, -0.2) is 24.9 Å². The summed E-state index contributed by atoms with van der Waals surface area (Å²) < 4.78 is 4.59. The maximum absolute atomic E-state index is 4.95. The zero-order valence-electron chi connectivity index (χ0n) is 26.7. The number of nitrogens with zero attached hydrogens (tertiary/aromatic N) is 7. The van der Waals surface area contributed by atoms with Crippen LogP contribution in [0.5, 0.6) is 0 Å². The summed E-state index contributed by atoms with van der Waals surface area (Å²) >= 11 is 0. The van der Waals surface area contributed by atoms with Crippen molar-refractivity contribution in [2.75, 3.05) is 0 Å². The lowest BCUT2D eigenvalue weighted by atomic mass is 10.1. The number of rotatable bonds is 5. The standard InChI is InChI=1S/C43H27N7/c1-4-12-28(13-5-1)40-46-41(29-14-6-2-7-15-29)48-42(47-40)30-20-22-32(23-21-30)49-36-19-11-10-18-33(36)34-24-25-37-38(39(34)49)35-26-44-27-45-43(35)50(37)31-16-8-3-9-17-31/h1-27H. The SMILES string of the molecule is c1ccc(-c2nc(-c3ccccc3)nc(-c3ccc(-n4c5ccccc5c5ccc6c(c7cncnc7n6-c6ccccc6)c54)cc3)n2)cc1. The summed E-state index contributed by atoms with van der Waals surface area (Å²) in [5.41, 5.74) is 9.07. The fraction of sp³-hybridized carbons (Fsp3) is 0. The average Bonchev–Trinajstić information content (AvgIpc) is 3.72. The van der Waals surface area contributed by atoms with Gasteiger partial charge in [0.25, 0.3) is 0 Å². The fourth-order valence-electron chi connectivity index (χ4n) is 7.09. The molecule has 0 radical (unpaired) electrons. The Kier molecular flexibility index (Phi) is 6.35. The van der Waals surface area contributed by atoms with Gasteiger partial charge in [0, 0.05) is 55.8 Å². The van der Waals surface area contributed by atoms with E-state index >= 15 is 0 Å². The molecular formula is C43H27N7. The largest absolute Gasteiger partial charge is 0.309 e. The first-order chi connectivity index (χ1) is 24.8. The van der Waals surface area contributed by atoms with Gasteiger partial charge in [-0.1, -0.05) is 103 Å². The summed E-state index contributed by atoms with van der Waals surface area (Å²) in [6.45, 7) is 0. The molecule has 4 heterocycles. The van der Waals surface area contributed by atoms with Crippen LogP contribution in [0.2, 0.25) is 0 Å². The van der Waals surface area contributed by atoms with Crippen molar-refractivity contribution in [3.8, 4) is 45.5 Å². The van der Waals surface area contributed by atoms with Crippen LogP contribution in [0.3, 0.4) is 0 Å². The molecule has 0 spiro atoms. The van der Waals surface area contributed by atoms with Gasteiger partial charge in [0.2, 0.25) is 0 Å². The molecule has 0 unspecified atom stereocenters. The van der Waals surface area contributed by atoms with Crippen molar-refractivity contribution in [3.63, 3.8) is 0 Å². The summed E-state index contributed by atoms with van der Waals surface area (Å²) in [7, 11) is 0. The Morgan fingerprint density at radius 2 is 0.960 bits per heavy atom. The second-order valence-electron chi connectivity index (χ2n) is 12.2. The van der Waals surface area contributed by atoms with E-state index in [1.807, 2.05) is 72.9 Å². The number of aromatic nitrogens is 7. The first kappa shape index (κ1) is 28.1. The lowest BCUT2D eigenvalue weighted by Crippen LogP contribution is -2.00. The Morgan fingerprint density at radius 1 is 0.400 bits per heavy atom. The van der Waals surface area contributed by atoms with Gasteiger partial charge in [0.1, 0.15) is 12.0 Å². The second kappa shape index (κ2) is 11.3. The van der Waals surface area contributed by atoms with E-state index in [2.05, 4.69) is 99.0 Å². The normalized spacial score (nSPS) is 11.6. The van der Waals surface area contributed by atoms with Crippen molar-refractivity contribution in [1.82, 2.24) is 34.1 Å². The van der Waals surface area contributed by atoms with Crippen LogP contribution in [0.15, 0.2) is 164 Å². The minimum Gasteiger partial charge on any atom is -0.309 e. The number of hydrogen-bond donors (Lipinski definition) is 0. The molecule has 0 saturated carbocycles. The van der Waals surface area contributed by atoms with E-state index in [4.69, 9.17) is 19.9 Å². The van der Waals surface area contributed by atoms with Crippen molar-refractivity contribution < 1.29 is 0 Å². The van der Waals surface area contributed by atoms with Crippen molar-refractivity contribution in [1.29, 1.82) is 0 Å². The highest BCUT2D eigenvalue weighted by Crippen LogP contribution is 2.41. The molecule has 7 heteroatoms. The van der Waals surface area contributed by atoms with E-state index in [1.54, 1.807) is 6.33 Å². The van der Waals surface area contributed by atoms with Crippen LogP contribution in [0, 0.1) is 0 Å². The zero-order valence-corrected chi connectivity index (χ0v) is 26.7. The van der Waals surface area contributed by atoms with Crippen LogP contribution in [0.4, 0.5) is 0 Å². The molecule has 0 N–H and O–H groups in total. The van der Waals surface area contributed by atoms with E-state index in [1.165, 1.54) is 10.8 Å². The topological polar surface area (TPSA) is 74.3 Å². The molecule has 50 heavy (non-hydrogen) atoms. The predicted molar refractivity (Wildman–Crippen MR) is 200 cm³/mol. The lowest BCUT2D eigenvalue weighted by molar-refractivity contribution is 1.07. The van der Waals surface area contributed by atoms with Crippen LogP contribution in [0.25, 0.3) is 89.3 Å². The van der Waals surface area contributed by atoms with E-state index in [0.717, 1.165) is 61.0 Å². The summed E-state index contributed by atoms with van der Waals surface area (Å²) in [6.07, 6.45) is 3.56. The van der Waals surface area contributed by atoms with Gasteiger partial charge in [0.15, 0.2) is 17.5 Å². The van der Waals surface area contributed by atoms with Crippen LogP contribution in [-0.4, -0.2) is 34.1 Å². The number of fused-ring (bicyclic) bond motifs is 7. The second-order valence-corrected chi connectivity index (χ2v) is 12.2. The van der Waals surface area contributed by atoms with Gasteiger partial charge in [-0.05, 0) is 48.5 Å². The molecular weight excluding hydrogens is 615 g/mol. The highest BCUT2D eigenvalue weighted by Gasteiger charge is 2.21. The Labute approximate surface area is 286 Å². The molecule has 234 valence electrons. The molecule has 7 nitrogen and oxygen atoms in total. The van der Waals surface area contributed by atoms with Crippen LogP contribution < -0.4 is 0 Å². The van der Waals surface area contributed by atoms with E-state index in [-0.39, 0.29) is 0 Å². The highest BCUT2D eigenvalue weighted by atomic mass is 15.1. The molecule has 0 atom stereocenters. The van der Waals surface area contributed by atoms with Gasteiger partial charge in [-0.15, -0.1) is 0 Å². The third-order valence-electron chi connectivity index (χ3n) is 9.33. The van der Waals surface area contributed by atoms with Crippen molar-refractivity contribution >= 4 is 43.7 Å². The molecule has 4 aromatic heterocycles. The van der Waals surface area contributed by atoms with Crippen LogP contribution in [0.1, 0.15) is 0 Å². The maximum Gasteiger partial charge on any atom is 0.164 e. The Bertz CT molecular complexity index is 2780. The molecule has 6 aromatic carbocycles. The fourth-order valence-corrected chi connectivity index (χ4v) is 7.09. The molecule has 0 aliphatic rings. The van der Waals surface area contributed by atoms with Crippen molar-refractivity contribution in [3.05, 3.63) is 164 Å². The van der Waals surface area contributed by atoms with Crippen molar-refractivity contribution in [2.24, 2.45) is 0 Å². The third kappa shape index (κ3) is 4.41. The first-order valence-corrected chi connectivity index (χ1v) is 16.5. The van der Waals surface area contributed by atoms with Gasteiger partial charge in [-0.3, -0.25) is 4.57 Å². The highest BCUT2D eigenvalue weighted by molar-refractivity contribution is 6.25. The van der Waals surface area contributed by atoms with E-state index in [9.17, 15) is 0 Å². The van der Waals surface area contributed by atoms with Crippen LogP contribution in [-0.2, 0) is 0 Å². The van der Waals surface area contributed by atoms with E-state index in [0.29, 0.717) is 17.5 Å².